The van der Waals surface area contributed by atoms with E-state index in [1.807, 2.05) is 0 Å². The summed E-state index contributed by atoms with van der Waals surface area (Å²) >= 11 is 0. The van der Waals surface area contributed by atoms with Crippen LogP contribution in [0.15, 0.2) is 28.7 Å². The van der Waals surface area contributed by atoms with Crippen LogP contribution in [0.1, 0.15) is 54.5 Å². The minimum Gasteiger partial charge on any atom is -0.424 e. The molecule has 1 aliphatic carbocycles. The van der Waals surface area contributed by atoms with Gasteiger partial charge in [-0.05, 0) is 30.4 Å². The van der Waals surface area contributed by atoms with Crippen molar-refractivity contribution in [1.82, 2.24) is 15.5 Å². The van der Waals surface area contributed by atoms with Crippen LogP contribution in [0.3, 0.4) is 0 Å². The van der Waals surface area contributed by atoms with Gasteiger partial charge in [0.1, 0.15) is 0 Å². The molecule has 1 aromatic heterocycles. The fraction of sp³-hybridized carbons (Fsp3) is 0.529. The van der Waals surface area contributed by atoms with E-state index in [0.29, 0.717) is 23.9 Å². The Bertz CT molecular complexity index is 684. The lowest BCUT2D eigenvalue weighted by Gasteiger charge is -2.34. The molecule has 0 aliphatic heterocycles. The maximum absolute atomic E-state index is 13.3. The number of hydrogen-bond acceptors (Lipinski definition) is 4. The highest BCUT2D eigenvalue weighted by molar-refractivity contribution is 5.34. The van der Waals surface area contributed by atoms with E-state index in [2.05, 4.69) is 15.5 Å². The number of nitrogens with one attached hydrogen (secondary N) is 1. The van der Waals surface area contributed by atoms with Crippen LogP contribution in [0.4, 0.5) is 13.2 Å². The molecular weight excluding hydrogens is 319 g/mol. The topological polar surface area (TPSA) is 51.0 Å². The van der Waals surface area contributed by atoms with Gasteiger partial charge in [-0.15, -0.1) is 10.2 Å². The maximum atomic E-state index is 13.3. The molecule has 0 spiro atoms. The highest BCUT2D eigenvalue weighted by Crippen LogP contribution is 2.40. The van der Waals surface area contributed by atoms with E-state index in [9.17, 15) is 13.2 Å². The number of benzene rings is 1. The Kier molecular flexibility index (Phi) is 4.89. The molecule has 7 heteroatoms. The third-order valence-electron chi connectivity index (χ3n) is 4.51. The number of rotatable bonds is 4. The molecule has 2 aromatic rings. The average Bonchev–Trinajstić information content (AvgIpc) is 2.98. The Morgan fingerprint density at radius 3 is 2.62 bits per heavy atom. The normalized spacial score (nSPS) is 21.8. The van der Waals surface area contributed by atoms with Gasteiger partial charge < -0.3 is 9.73 Å². The van der Waals surface area contributed by atoms with Crippen molar-refractivity contribution in [3.8, 4) is 0 Å². The van der Waals surface area contributed by atoms with Crippen molar-refractivity contribution in [1.29, 1.82) is 0 Å². The van der Waals surface area contributed by atoms with Crippen LogP contribution >= 0.6 is 0 Å². The molecule has 0 bridgehead atoms. The van der Waals surface area contributed by atoms with E-state index in [0.717, 1.165) is 25.7 Å². The van der Waals surface area contributed by atoms with Crippen LogP contribution in [0.25, 0.3) is 0 Å². The van der Waals surface area contributed by atoms with Crippen molar-refractivity contribution in [3.05, 3.63) is 47.2 Å². The van der Waals surface area contributed by atoms with E-state index >= 15 is 0 Å². The second kappa shape index (κ2) is 6.93. The molecule has 1 aliphatic rings. The van der Waals surface area contributed by atoms with Gasteiger partial charge in [0.05, 0.1) is 12.1 Å². The average molecular weight is 339 g/mol. The first-order chi connectivity index (χ1) is 11.4. The molecule has 24 heavy (non-hydrogen) atoms. The molecule has 1 heterocycles. The number of hydrogen-bond donors (Lipinski definition) is 1. The number of halogens is 3. The number of aromatic nitrogens is 2. The van der Waals surface area contributed by atoms with Crippen LogP contribution in [0.5, 0.6) is 0 Å². The third kappa shape index (κ3) is 3.77. The second-order valence-corrected chi connectivity index (χ2v) is 6.18. The largest absolute Gasteiger partial charge is 0.424 e. The summed E-state index contributed by atoms with van der Waals surface area (Å²) in [6.45, 7) is 2.08. The minimum atomic E-state index is -4.33. The summed E-state index contributed by atoms with van der Waals surface area (Å²) in [5.41, 5.74) is -0.152. The van der Waals surface area contributed by atoms with Gasteiger partial charge in [-0.2, -0.15) is 13.2 Å². The van der Waals surface area contributed by atoms with Crippen molar-refractivity contribution in [3.63, 3.8) is 0 Å². The fourth-order valence-electron chi connectivity index (χ4n) is 3.45. The molecular formula is C17H20F3N3O. The summed E-state index contributed by atoms with van der Waals surface area (Å²) in [5, 5.41) is 11.0. The third-order valence-corrected chi connectivity index (χ3v) is 4.51. The Balaban J connectivity index is 1.80. The Morgan fingerprint density at radius 1 is 1.17 bits per heavy atom. The van der Waals surface area contributed by atoms with Crippen molar-refractivity contribution in [2.45, 2.75) is 57.3 Å². The van der Waals surface area contributed by atoms with Crippen LogP contribution in [0, 0.1) is 6.92 Å². The van der Waals surface area contributed by atoms with E-state index in [-0.39, 0.29) is 12.0 Å². The first-order valence-electron chi connectivity index (χ1n) is 8.13. The number of alkyl halides is 3. The Morgan fingerprint density at radius 2 is 1.92 bits per heavy atom. The van der Waals surface area contributed by atoms with Gasteiger partial charge in [-0.3, -0.25) is 0 Å². The highest BCUT2D eigenvalue weighted by atomic mass is 19.4. The lowest BCUT2D eigenvalue weighted by Crippen LogP contribution is -2.37. The molecule has 3 rings (SSSR count). The molecule has 1 aromatic carbocycles. The number of aryl methyl sites for hydroxylation is 1. The molecule has 1 saturated carbocycles. The van der Waals surface area contributed by atoms with E-state index in [1.54, 1.807) is 19.1 Å². The van der Waals surface area contributed by atoms with Crippen LogP contribution in [-0.4, -0.2) is 16.2 Å². The monoisotopic (exact) mass is 339 g/mol. The van der Waals surface area contributed by atoms with Gasteiger partial charge in [-0.25, -0.2) is 0 Å². The van der Waals surface area contributed by atoms with Gasteiger partial charge in [0.15, 0.2) is 0 Å². The minimum absolute atomic E-state index is 0.0329. The van der Waals surface area contributed by atoms with Gasteiger partial charge in [0.2, 0.25) is 11.8 Å². The van der Waals surface area contributed by atoms with E-state index in [4.69, 9.17) is 4.42 Å². The Hall–Kier alpha value is -1.89. The molecule has 0 saturated heterocycles. The highest BCUT2D eigenvalue weighted by Gasteiger charge is 2.37. The lowest BCUT2D eigenvalue weighted by molar-refractivity contribution is -0.138. The van der Waals surface area contributed by atoms with Crippen LogP contribution in [-0.2, 0) is 12.7 Å². The number of nitrogens with zero attached hydrogens (tertiary/aromatic N) is 2. The molecule has 0 radical (unpaired) electrons. The second-order valence-electron chi connectivity index (χ2n) is 6.18. The summed E-state index contributed by atoms with van der Waals surface area (Å²) in [4.78, 5) is 0. The smallest absolute Gasteiger partial charge is 0.416 e. The zero-order valence-electron chi connectivity index (χ0n) is 13.4. The SMILES string of the molecule is Cc1nnc(CN[C@H]2CCCC[C@@H]2c2ccccc2C(F)(F)F)o1. The molecule has 0 unspecified atom stereocenters. The molecule has 130 valence electrons. The lowest BCUT2D eigenvalue weighted by atomic mass is 9.78. The molecule has 4 nitrogen and oxygen atoms in total. The molecule has 1 N–H and O–H groups in total. The molecule has 0 amide bonds. The van der Waals surface area contributed by atoms with Crippen LogP contribution in [0.2, 0.25) is 0 Å². The maximum Gasteiger partial charge on any atom is 0.416 e. The predicted molar refractivity (Wildman–Crippen MR) is 82.3 cm³/mol. The van der Waals surface area contributed by atoms with Gasteiger partial charge in [-0.1, -0.05) is 31.0 Å². The van der Waals surface area contributed by atoms with Crippen LogP contribution < -0.4 is 5.32 Å². The van der Waals surface area contributed by atoms with E-state index < -0.39 is 11.7 Å². The zero-order valence-corrected chi connectivity index (χ0v) is 13.4. The van der Waals surface area contributed by atoms with Crippen molar-refractivity contribution < 1.29 is 17.6 Å². The summed E-state index contributed by atoms with van der Waals surface area (Å²) < 4.78 is 45.3. The molecule has 1 fully saturated rings. The van der Waals surface area contributed by atoms with Gasteiger partial charge >= 0.3 is 6.18 Å². The Labute approximate surface area is 138 Å². The van der Waals surface area contributed by atoms with Gasteiger partial charge in [0.25, 0.3) is 0 Å². The van der Waals surface area contributed by atoms with E-state index in [1.165, 1.54) is 12.1 Å². The standard InChI is InChI=1S/C17H20F3N3O/c1-11-22-23-16(24-11)10-21-15-9-5-3-7-13(15)12-6-2-4-8-14(12)17(18,19)20/h2,4,6,8,13,15,21H,3,5,7,9-10H2,1H3/t13-,15+/m1/s1. The fourth-order valence-corrected chi connectivity index (χ4v) is 3.45. The zero-order chi connectivity index (χ0) is 17.2. The summed E-state index contributed by atoms with van der Waals surface area (Å²) in [6.07, 6.45) is -0.806. The summed E-state index contributed by atoms with van der Waals surface area (Å²) in [5.74, 6) is 0.774. The van der Waals surface area contributed by atoms with Crippen molar-refractivity contribution in [2.24, 2.45) is 0 Å². The first kappa shape index (κ1) is 17.0. The molecule has 2 atom stereocenters. The quantitative estimate of drug-likeness (QED) is 0.906. The summed E-state index contributed by atoms with van der Waals surface area (Å²) in [6, 6.07) is 5.86. The first-order valence-corrected chi connectivity index (χ1v) is 8.13. The van der Waals surface area contributed by atoms with Crippen molar-refractivity contribution in [2.75, 3.05) is 0 Å². The predicted octanol–water partition coefficient (Wildman–Crippen LogP) is 4.21. The van der Waals surface area contributed by atoms with Crippen molar-refractivity contribution >= 4 is 0 Å². The summed E-state index contributed by atoms with van der Waals surface area (Å²) in [7, 11) is 0. The van der Waals surface area contributed by atoms with Gasteiger partial charge in [0, 0.05) is 13.0 Å².